The second-order valence-electron chi connectivity index (χ2n) is 8.05. The van der Waals surface area contributed by atoms with Gasteiger partial charge in [0.15, 0.2) is 0 Å². The largest absolute Gasteiger partial charge is 0.490 e. The average molecular weight is 402 g/mol. The number of hydrogen-bond donors (Lipinski definition) is 0. The summed E-state index contributed by atoms with van der Waals surface area (Å²) >= 11 is 0. The van der Waals surface area contributed by atoms with Crippen LogP contribution in [0.4, 0.5) is 0 Å². The van der Waals surface area contributed by atoms with Gasteiger partial charge in [0, 0.05) is 26.7 Å². The van der Waals surface area contributed by atoms with Gasteiger partial charge in [-0.25, -0.2) is 0 Å². The normalized spacial score (nSPS) is 15.2. The Bertz CT molecular complexity index is 882. The summed E-state index contributed by atoms with van der Waals surface area (Å²) in [7, 11) is 1.72. The molecule has 0 spiro atoms. The van der Waals surface area contributed by atoms with E-state index in [-0.39, 0.29) is 0 Å². The maximum Gasteiger partial charge on any atom is 0.119 e. The lowest BCUT2D eigenvalue weighted by Crippen LogP contribution is -2.39. The predicted octanol–water partition coefficient (Wildman–Crippen LogP) is 5.59. The number of methoxy groups -OCH3 is 1. The van der Waals surface area contributed by atoms with Crippen LogP contribution in [0.25, 0.3) is 11.1 Å². The van der Waals surface area contributed by atoms with E-state index in [1.165, 1.54) is 22.3 Å². The highest BCUT2D eigenvalue weighted by Gasteiger charge is 2.20. The third-order valence-electron chi connectivity index (χ3n) is 5.85. The molecule has 3 nitrogen and oxygen atoms in total. The van der Waals surface area contributed by atoms with E-state index in [9.17, 15) is 0 Å². The maximum absolute atomic E-state index is 6.27. The zero-order valence-electron chi connectivity index (χ0n) is 17.8. The molecule has 3 aromatic rings. The number of likely N-dealkylation sites (tertiary alicyclic amines) is 1. The Balaban J connectivity index is 1.24. The number of piperidine rings is 1. The van der Waals surface area contributed by atoms with Gasteiger partial charge in [-0.2, -0.15) is 0 Å². The van der Waals surface area contributed by atoms with Crippen molar-refractivity contribution in [3.63, 3.8) is 0 Å². The molecule has 0 amide bonds. The summed E-state index contributed by atoms with van der Waals surface area (Å²) in [5.41, 5.74) is 5.04. The van der Waals surface area contributed by atoms with E-state index in [2.05, 4.69) is 83.8 Å². The number of benzene rings is 3. The van der Waals surface area contributed by atoms with Crippen molar-refractivity contribution in [2.24, 2.45) is 0 Å². The third kappa shape index (κ3) is 5.71. The van der Waals surface area contributed by atoms with E-state index in [0.29, 0.717) is 12.7 Å². The van der Waals surface area contributed by atoms with E-state index >= 15 is 0 Å². The first-order valence-corrected chi connectivity index (χ1v) is 10.9. The summed E-state index contributed by atoms with van der Waals surface area (Å²) in [5.74, 6) is 0.970. The number of ether oxygens (including phenoxy) is 2. The van der Waals surface area contributed by atoms with Crippen LogP contribution in [0.15, 0.2) is 78.9 Å². The Morgan fingerprint density at radius 1 is 0.767 bits per heavy atom. The van der Waals surface area contributed by atoms with Gasteiger partial charge in [0.25, 0.3) is 0 Å². The fourth-order valence-corrected chi connectivity index (χ4v) is 4.06. The molecule has 156 valence electrons. The number of rotatable bonds is 8. The highest BCUT2D eigenvalue weighted by Crippen LogP contribution is 2.25. The molecule has 0 atom stereocenters. The molecule has 1 saturated heterocycles. The summed E-state index contributed by atoms with van der Waals surface area (Å²) in [6.07, 6.45) is 3.63. The van der Waals surface area contributed by atoms with Gasteiger partial charge in [0.05, 0.1) is 6.61 Å². The van der Waals surface area contributed by atoms with Crippen molar-refractivity contribution in [3.05, 3.63) is 90.0 Å². The predicted molar refractivity (Wildman–Crippen MR) is 123 cm³/mol. The summed E-state index contributed by atoms with van der Waals surface area (Å²) < 4.78 is 11.4. The first kappa shape index (κ1) is 20.6. The van der Waals surface area contributed by atoms with E-state index in [0.717, 1.165) is 44.6 Å². The van der Waals surface area contributed by atoms with Crippen molar-refractivity contribution in [1.29, 1.82) is 0 Å². The number of hydrogen-bond acceptors (Lipinski definition) is 3. The molecule has 0 aliphatic carbocycles. The molecule has 1 aliphatic rings. The topological polar surface area (TPSA) is 21.7 Å². The van der Waals surface area contributed by atoms with Crippen molar-refractivity contribution in [1.82, 2.24) is 4.90 Å². The molecule has 1 heterocycles. The van der Waals surface area contributed by atoms with E-state index in [1.807, 2.05) is 0 Å². The second kappa shape index (κ2) is 10.4. The quantitative estimate of drug-likeness (QED) is 0.491. The molecule has 0 saturated carbocycles. The molecule has 0 unspecified atom stereocenters. The van der Waals surface area contributed by atoms with Gasteiger partial charge in [-0.05, 0) is 53.6 Å². The Hall–Kier alpha value is -2.62. The Morgan fingerprint density at radius 2 is 1.40 bits per heavy atom. The first-order chi connectivity index (χ1) is 14.8. The molecule has 0 aromatic heterocycles. The SMILES string of the molecule is COCc1ccc(-c2ccc(OC3CCN(CCc4ccccc4)CC3)cc2)cc1. The minimum Gasteiger partial charge on any atom is -0.490 e. The Labute approximate surface area is 180 Å². The van der Waals surface area contributed by atoms with Gasteiger partial charge in [-0.1, -0.05) is 66.7 Å². The van der Waals surface area contributed by atoms with Crippen LogP contribution in [0, 0.1) is 0 Å². The third-order valence-corrected chi connectivity index (χ3v) is 5.85. The molecule has 0 bridgehead atoms. The maximum atomic E-state index is 6.27. The van der Waals surface area contributed by atoms with E-state index in [4.69, 9.17) is 9.47 Å². The van der Waals surface area contributed by atoms with Crippen molar-refractivity contribution in [3.8, 4) is 16.9 Å². The standard InChI is InChI=1S/C27H31NO2/c1-29-21-23-7-9-24(10-8-23)25-11-13-26(14-12-25)30-27-16-19-28(20-17-27)18-15-22-5-3-2-4-6-22/h2-14,27H,15-21H2,1H3. The van der Waals surface area contributed by atoms with Crippen LogP contribution in [0.3, 0.4) is 0 Å². The van der Waals surface area contributed by atoms with Crippen LogP contribution in [0.5, 0.6) is 5.75 Å². The zero-order valence-corrected chi connectivity index (χ0v) is 17.8. The van der Waals surface area contributed by atoms with Gasteiger partial charge >= 0.3 is 0 Å². The van der Waals surface area contributed by atoms with Crippen molar-refractivity contribution in [2.45, 2.75) is 32.0 Å². The van der Waals surface area contributed by atoms with Crippen LogP contribution >= 0.6 is 0 Å². The van der Waals surface area contributed by atoms with E-state index in [1.54, 1.807) is 7.11 Å². The summed E-state index contributed by atoms with van der Waals surface area (Å²) in [6.45, 7) is 4.01. The van der Waals surface area contributed by atoms with Gasteiger partial charge in [0.2, 0.25) is 0 Å². The molecule has 3 heteroatoms. The van der Waals surface area contributed by atoms with Gasteiger partial charge in [0.1, 0.15) is 11.9 Å². The van der Waals surface area contributed by atoms with Crippen molar-refractivity contribution < 1.29 is 9.47 Å². The first-order valence-electron chi connectivity index (χ1n) is 10.9. The van der Waals surface area contributed by atoms with Crippen LogP contribution in [-0.2, 0) is 17.8 Å². The number of nitrogens with zero attached hydrogens (tertiary/aromatic N) is 1. The smallest absolute Gasteiger partial charge is 0.119 e. The highest BCUT2D eigenvalue weighted by atomic mass is 16.5. The monoisotopic (exact) mass is 401 g/mol. The second-order valence-corrected chi connectivity index (χ2v) is 8.05. The van der Waals surface area contributed by atoms with Crippen LogP contribution in [0.2, 0.25) is 0 Å². The molecule has 30 heavy (non-hydrogen) atoms. The molecule has 1 fully saturated rings. The summed E-state index contributed by atoms with van der Waals surface area (Å²) in [4.78, 5) is 2.56. The van der Waals surface area contributed by atoms with Crippen LogP contribution < -0.4 is 4.74 Å². The minimum atomic E-state index is 0.317. The molecular formula is C27H31NO2. The van der Waals surface area contributed by atoms with Gasteiger partial charge in [-0.3, -0.25) is 0 Å². The molecular weight excluding hydrogens is 370 g/mol. The molecule has 0 radical (unpaired) electrons. The van der Waals surface area contributed by atoms with Crippen LogP contribution in [-0.4, -0.2) is 37.7 Å². The van der Waals surface area contributed by atoms with Crippen molar-refractivity contribution in [2.75, 3.05) is 26.7 Å². The molecule has 0 N–H and O–H groups in total. The van der Waals surface area contributed by atoms with Crippen molar-refractivity contribution >= 4 is 0 Å². The van der Waals surface area contributed by atoms with Crippen LogP contribution in [0.1, 0.15) is 24.0 Å². The fourth-order valence-electron chi connectivity index (χ4n) is 4.06. The minimum absolute atomic E-state index is 0.317. The Kier molecular flexibility index (Phi) is 7.17. The summed E-state index contributed by atoms with van der Waals surface area (Å²) in [6, 6.07) is 27.8. The lowest BCUT2D eigenvalue weighted by Gasteiger charge is -2.32. The average Bonchev–Trinajstić information content (AvgIpc) is 2.81. The molecule has 1 aliphatic heterocycles. The Morgan fingerprint density at radius 3 is 2.03 bits per heavy atom. The molecule has 4 rings (SSSR count). The highest BCUT2D eigenvalue weighted by molar-refractivity contribution is 5.64. The van der Waals surface area contributed by atoms with E-state index < -0.39 is 0 Å². The van der Waals surface area contributed by atoms with Gasteiger partial charge < -0.3 is 14.4 Å². The summed E-state index contributed by atoms with van der Waals surface area (Å²) in [5, 5.41) is 0. The molecule has 3 aromatic carbocycles. The zero-order chi connectivity index (χ0) is 20.6. The fraction of sp³-hybridized carbons (Fsp3) is 0.333. The lowest BCUT2D eigenvalue weighted by atomic mass is 10.0. The van der Waals surface area contributed by atoms with Gasteiger partial charge in [-0.15, -0.1) is 0 Å². The lowest BCUT2D eigenvalue weighted by molar-refractivity contribution is 0.101.